The Labute approximate surface area is 356 Å². The van der Waals surface area contributed by atoms with E-state index in [0.717, 1.165) is 75.7 Å². The predicted octanol–water partition coefficient (Wildman–Crippen LogP) is 11.1. The molecule has 0 saturated carbocycles. The lowest BCUT2D eigenvalue weighted by atomic mass is 10.0. The molecule has 0 fully saturated rings. The number of allylic oxidation sites excluding steroid dienone is 9. The number of unbranched alkanes of at least 4 members (excludes halogenated alkanes) is 10. The molecular weight excluding hydrogens is 769 g/mol. The van der Waals surface area contributed by atoms with Crippen molar-refractivity contribution < 1.29 is 47.1 Å². The second-order valence-corrected chi connectivity index (χ2v) is 16.4. The van der Waals surface area contributed by atoms with E-state index in [-0.39, 0.29) is 38.7 Å². The molecule has 0 aliphatic heterocycles. The van der Waals surface area contributed by atoms with E-state index >= 15 is 0 Å². The van der Waals surface area contributed by atoms with Crippen LogP contribution in [0.1, 0.15) is 158 Å². The minimum absolute atomic E-state index is 0.0309. The number of furan rings is 1. The van der Waals surface area contributed by atoms with Gasteiger partial charge in [-0.05, 0) is 82.8 Å². The van der Waals surface area contributed by atoms with Crippen molar-refractivity contribution in [3.05, 3.63) is 83.4 Å². The number of hydrogen-bond donors (Lipinski definition) is 3. The Hall–Kier alpha value is -3.05. The van der Waals surface area contributed by atoms with E-state index in [9.17, 15) is 24.2 Å². The summed E-state index contributed by atoms with van der Waals surface area (Å²) in [6, 6.07) is 0. The van der Waals surface area contributed by atoms with Crippen LogP contribution < -0.4 is 5.73 Å². The van der Waals surface area contributed by atoms with Crippen molar-refractivity contribution in [2.45, 2.75) is 175 Å². The van der Waals surface area contributed by atoms with Gasteiger partial charge in [0.15, 0.2) is 6.10 Å². The van der Waals surface area contributed by atoms with Crippen LogP contribution in [0.15, 0.2) is 65.2 Å². The van der Waals surface area contributed by atoms with Crippen LogP contribution in [0.4, 0.5) is 0 Å². The molecule has 4 N–H and O–H groups in total. The van der Waals surface area contributed by atoms with Crippen LogP contribution in [0, 0.1) is 13.8 Å². The molecule has 0 aliphatic carbocycles. The maximum Gasteiger partial charge on any atom is 0.472 e. The van der Waals surface area contributed by atoms with E-state index in [1.807, 2.05) is 37.3 Å². The zero-order chi connectivity index (χ0) is 43.4. The van der Waals surface area contributed by atoms with E-state index in [4.69, 9.17) is 28.7 Å². The smallest absolute Gasteiger partial charge is 0.466 e. The number of aliphatic hydroxyl groups is 1. The second-order valence-electron chi connectivity index (χ2n) is 15.0. The van der Waals surface area contributed by atoms with Crippen LogP contribution in [-0.2, 0) is 45.5 Å². The van der Waals surface area contributed by atoms with Crippen LogP contribution in [-0.4, -0.2) is 60.5 Å². The molecule has 59 heavy (non-hydrogen) atoms. The number of hydrogen-bond acceptors (Lipinski definition) is 10. The highest BCUT2D eigenvalue weighted by atomic mass is 31.2. The maximum absolute atomic E-state index is 12.7. The molecule has 0 aliphatic rings. The summed E-state index contributed by atoms with van der Waals surface area (Å²) in [5.74, 6) is 1.37. The number of esters is 2. The molecule has 12 heteroatoms. The van der Waals surface area contributed by atoms with Gasteiger partial charge in [-0.15, -0.1) is 0 Å². The molecule has 0 amide bonds. The average Bonchev–Trinajstić information content (AvgIpc) is 3.49. The molecule has 1 aromatic heterocycles. The fraction of sp³-hybridized carbons (Fsp3) is 0.660. The van der Waals surface area contributed by atoms with Gasteiger partial charge in [0.1, 0.15) is 18.1 Å². The van der Waals surface area contributed by atoms with Gasteiger partial charge in [-0.1, -0.05) is 126 Å². The Morgan fingerprint density at radius 1 is 0.712 bits per heavy atom. The number of ether oxygens (including phenoxy) is 2. The maximum atomic E-state index is 12.7. The fourth-order valence-corrected chi connectivity index (χ4v) is 6.80. The molecular formula is C47H78NO10P. The van der Waals surface area contributed by atoms with E-state index in [2.05, 4.69) is 45.1 Å². The monoisotopic (exact) mass is 848 g/mol. The summed E-state index contributed by atoms with van der Waals surface area (Å²) in [5.41, 5.74) is 7.99. The highest BCUT2D eigenvalue weighted by Gasteiger charge is 2.26. The first-order valence-corrected chi connectivity index (χ1v) is 23.7. The number of carbonyl (C=O) groups excluding carboxylic acids is 2. The van der Waals surface area contributed by atoms with Crippen molar-refractivity contribution in [2.75, 3.05) is 26.4 Å². The van der Waals surface area contributed by atoms with Crippen LogP contribution in [0.5, 0.6) is 0 Å². The Kier molecular flexibility index (Phi) is 32.6. The number of nitrogens with two attached hydrogens (primary N) is 1. The highest BCUT2D eigenvalue weighted by molar-refractivity contribution is 7.47. The summed E-state index contributed by atoms with van der Waals surface area (Å²) < 4.78 is 39.0. The zero-order valence-corrected chi connectivity index (χ0v) is 37.7. The van der Waals surface area contributed by atoms with Crippen LogP contribution in [0.3, 0.4) is 0 Å². The Morgan fingerprint density at radius 3 is 1.88 bits per heavy atom. The molecule has 3 atom stereocenters. The minimum Gasteiger partial charge on any atom is -0.466 e. The third kappa shape index (κ3) is 29.8. The summed E-state index contributed by atoms with van der Waals surface area (Å²) in [6.07, 6.45) is 37.5. The summed E-state index contributed by atoms with van der Waals surface area (Å²) in [7, 11) is -4.42. The Balaban J connectivity index is 2.31. The molecule has 336 valence electrons. The summed E-state index contributed by atoms with van der Waals surface area (Å²) >= 11 is 0. The Morgan fingerprint density at radius 2 is 1.27 bits per heavy atom. The molecule has 11 nitrogen and oxygen atoms in total. The molecule has 0 spiro atoms. The fourth-order valence-electron chi connectivity index (χ4n) is 6.03. The van der Waals surface area contributed by atoms with Gasteiger partial charge in [0, 0.05) is 32.2 Å². The quantitative estimate of drug-likeness (QED) is 0.0192. The van der Waals surface area contributed by atoms with Crippen LogP contribution >= 0.6 is 7.82 Å². The minimum atomic E-state index is -4.42. The van der Waals surface area contributed by atoms with Crippen molar-refractivity contribution in [2.24, 2.45) is 5.73 Å². The third-order valence-electron chi connectivity index (χ3n) is 9.78. The molecule has 0 bridgehead atoms. The van der Waals surface area contributed by atoms with Gasteiger partial charge in [0.05, 0.1) is 19.3 Å². The molecule has 1 unspecified atom stereocenters. The summed E-state index contributed by atoms with van der Waals surface area (Å²) in [6.45, 7) is 7.60. The van der Waals surface area contributed by atoms with E-state index < -0.39 is 32.5 Å². The molecule has 0 radical (unpaired) electrons. The van der Waals surface area contributed by atoms with E-state index in [1.54, 1.807) is 6.08 Å². The first-order chi connectivity index (χ1) is 28.5. The van der Waals surface area contributed by atoms with Gasteiger partial charge in [-0.3, -0.25) is 18.6 Å². The number of carbonyl (C=O) groups is 2. The lowest BCUT2D eigenvalue weighted by Crippen LogP contribution is -2.29. The lowest BCUT2D eigenvalue weighted by molar-refractivity contribution is -0.161. The first-order valence-electron chi connectivity index (χ1n) is 22.2. The number of aliphatic hydroxyl groups excluding tert-OH is 1. The predicted molar refractivity (Wildman–Crippen MR) is 238 cm³/mol. The standard InChI is InChI=1S/C47H78NO10P/c1-5-7-26-32-44-40(3)41(4)45(58-44)33-28-23-19-16-17-21-25-30-35-47(51)57-43(39-56-59(52,53)55-37-36-48)38-54-46(50)34-29-24-20-15-13-11-9-8-10-12-14-18-22-27-31-42(49)6-2/h9-12,15,18,20,22,27,31,42-43,49H,5-8,13-14,16-17,19,21,23-26,28-30,32-39,48H2,1-4H3,(H,52,53)/b11-9-,12-10-,20-15-,22-18-,31-27+/t42-,43+/m0/s1. The largest absolute Gasteiger partial charge is 0.472 e. The Bertz CT molecular complexity index is 1450. The number of rotatable bonds is 37. The van der Waals surface area contributed by atoms with Crippen molar-refractivity contribution >= 4 is 19.8 Å². The van der Waals surface area contributed by atoms with Gasteiger partial charge in [-0.25, -0.2) is 4.57 Å². The number of phosphoric ester groups is 1. The molecule has 1 aromatic rings. The second kappa shape index (κ2) is 35.7. The summed E-state index contributed by atoms with van der Waals surface area (Å²) in [4.78, 5) is 35.0. The molecule has 1 heterocycles. The average molecular weight is 848 g/mol. The molecule has 1 rings (SSSR count). The van der Waals surface area contributed by atoms with Crippen molar-refractivity contribution in [1.29, 1.82) is 0 Å². The van der Waals surface area contributed by atoms with Gasteiger partial charge >= 0.3 is 19.8 Å². The topological polar surface area (TPSA) is 168 Å². The van der Waals surface area contributed by atoms with Crippen LogP contribution in [0.2, 0.25) is 0 Å². The highest BCUT2D eigenvalue weighted by Crippen LogP contribution is 2.43. The third-order valence-corrected chi connectivity index (χ3v) is 10.8. The lowest BCUT2D eigenvalue weighted by Gasteiger charge is -2.19. The van der Waals surface area contributed by atoms with Crippen molar-refractivity contribution in [1.82, 2.24) is 0 Å². The van der Waals surface area contributed by atoms with E-state index in [1.165, 1.54) is 43.2 Å². The van der Waals surface area contributed by atoms with Gasteiger partial charge in [0.25, 0.3) is 0 Å². The van der Waals surface area contributed by atoms with E-state index in [0.29, 0.717) is 25.7 Å². The van der Waals surface area contributed by atoms with Crippen molar-refractivity contribution in [3.63, 3.8) is 0 Å². The van der Waals surface area contributed by atoms with Crippen LogP contribution in [0.25, 0.3) is 0 Å². The number of aryl methyl sites for hydroxylation is 2. The van der Waals surface area contributed by atoms with Crippen molar-refractivity contribution in [3.8, 4) is 0 Å². The van der Waals surface area contributed by atoms with Gasteiger partial charge in [0.2, 0.25) is 0 Å². The number of phosphoric acid groups is 1. The van der Waals surface area contributed by atoms with Gasteiger partial charge in [-0.2, -0.15) is 0 Å². The normalized spacial score (nSPS) is 14.4. The summed E-state index contributed by atoms with van der Waals surface area (Å²) in [5, 5.41) is 9.48. The zero-order valence-electron chi connectivity index (χ0n) is 36.8. The molecule has 0 saturated heterocycles. The first kappa shape index (κ1) is 54.0. The molecule has 0 aromatic carbocycles. The SMILES string of the molecule is CCCCCc1oc(CCCCCCCCCCC(=O)O[C@H](COC(=O)CCC/C=C\C/C=C\C/C=C\C/C=C\C=C\[C@@H](O)CC)COP(=O)(O)OCCN)c(C)c1C. The van der Waals surface area contributed by atoms with Gasteiger partial charge < -0.3 is 29.6 Å².